The lowest BCUT2D eigenvalue weighted by molar-refractivity contribution is 0.660. The summed E-state index contributed by atoms with van der Waals surface area (Å²) < 4.78 is 0. The summed E-state index contributed by atoms with van der Waals surface area (Å²) in [5.74, 6) is 0. The molecular formula is C68H47N. The van der Waals surface area contributed by atoms with E-state index >= 15 is 0 Å². The molecule has 0 saturated carbocycles. The molecule has 3 aliphatic rings. The molecule has 0 N–H and O–H groups in total. The highest BCUT2D eigenvalue weighted by Gasteiger charge is 2.51. The Balaban J connectivity index is 0.939. The van der Waals surface area contributed by atoms with Gasteiger partial charge in [-0.3, -0.25) is 0 Å². The molecule has 0 saturated heterocycles. The van der Waals surface area contributed by atoms with Crippen molar-refractivity contribution in [2.45, 2.75) is 24.7 Å². The molecule has 3 aliphatic carbocycles. The fraction of sp³-hybridized carbons (Fsp3) is 0.0588. The van der Waals surface area contributed by atoms with Crippen molar-refractivity contribution in [3.05, 3.63) is 282 Å². The molecule has 0 unspecified atom stereocenters. The van der Waals surface area contributed by atoms with Crippen LogP contribution in [0.4, 0.5) is 17.1 Å². The summed E-state index contributed by atoms with van der Waals surface area (Å²) >= 11 is 0. The molecule has 14 rings (SSSR count). The molecule has 11 aromatic carbocycles. The molecule has 0 heterocycles. The van der Waals surface area contributed by atoms with Gasteiger partial charge in [0.25, 0.3) is 0 Å². The molecule has 0 radical (unpaired) electrons. The molecule has 0 amide bonds. The van der Waals surface area contributed by atoms with Crippen molar-refractivity contribution in [2.75, 3.05) is 4.90 Å². The molecule has 0 atom stereocenters. The molecule has 1 spiro atoms. The Hall–Kier alpha value is -8.52. The van der Waals surface area contributed by atoms with Gasteiger partial charge in [-0.1, -0.05) is 226 Å². The summed E-state index contributed by atoms with van der Waals surface area (Å²) in [7, 11) is 0. The van der Waals surface area contributed by atoms with Crippen LogP contribution in [0.15, 0.2) is 249 Å². The number of benzene rings is 11. The third kappa shape index (κ3) is 5.65. The van der Waals surface area contributed by atoms with Gasteiger partial charge in [-0.25, -0.2) is 0 Å². The van der Waals surface area contributed by atoms with E-state index in [4.69, 9.17) is 0 Å². The Morgan fingerprint density at radius 2 is 0.739 bits per heavy atom. The second kappa shape index (κ2) is 15.0. The summed E-state index contributed by atoms with van der Waals surface area (Å²) in [6.45, 7) is 4.73. The van der Waals surface area contributed by atoms with Crippen LogP contribution in [0.5, 0.6) is 0 Å². The molecule has 69 heavy (non-hydrogen) atoms. The maximum Gasteiger partial charge on any atom is 0.0725 e. The van der Waals surface area contributed by atoms with Crippen LogP contribution in [-0.2, 0) is 10.8 Å². The fourth-order valence-electron chi connectivity index (χ4n) is 12.6. The maximum atomic E-state index is 2.49. The van der Waals surface area contributed by atoms with Gasteiger partial charge in [0, 0.05) is 22.2 Å². The van der Waals surface area contributed by atoms with Gasteiger partial charge in [-0.2, -0.15) is 0 Å². The Morgan fingerprint density at radius 3 is 1.42 bits per heavy atom. The van der Waals surface area contributed by atoms with Crippen LogP contribution < -0.4 is 4.90 Å². The number of hydrogen-bond acceptors (Lipinski definition) is 1. The molecule has 1 nitrogen and oxygen atoms in total. The smallest absolute Gasteiger partial charge is 0.0725 e. The first-order chi connectivity index (χ1) is 34.0. The predicted octanol–water partition coefficient (Wildman–Crippen LogP) is 18.0. The first-order valence-corrected chi connectivity index (χ1v) is 24.3. The second-order valence-corrected chi connectivity index (χ2v) is 19.5. The molecule has 11 aromatic rings. The van der Waals surface area contributed by atoms with Crippen molar-refractivity contribution in [3.8, 4) is 66.8 Å². The predicted molar refractivity (Wildman–Crippen MR) is 289 cm³/mol. The molecule has 0 aromatic heterocycles. The minimum atomic E-state index is -0.357. The standard InChI is InChI=1S/C68H47N/c1-67(2)58-27-11-8-25-56(58)66-55(26-17-31-63(66)67)54-24-10-16-33-65(54)69(64-32-15-9-20-50(64)48-35-34-44-18-3-4-19-46(44)42-48)49-39-36-45(37-40-49)47-38-41-62-57(43-47)53-23-7-14-30-61(53)68(62)59-28-12-5-21-51(59)52-22-6-13-29-60(52)68/h3-43H,1-2H3. The molecule has 0 aliphatic heterocycles. The van der Waals surface area contributed by atoms with Gasteiger partial charge >= 0.3 is 0 Å². The first-order valence-electron chi connectivity index (χ1n) is 24.3. The number of rotatable bonds is 6. The number of fused-ring (bicyclic) bond motifs is 14. The maximum absolute atomic E-state index is 2.49. The zero-order valence-electron chi connectivity index (χ0n) is 38.6. The number of anilines is 3. The third-order valence-corrected chi connectivity index (χ3v) is 15.7. The van der Waals surface area contributed by atoms with E-state index in [1.807, 2.05) is 0 Å². The Morgan fingerprint density at radius 1 is 0.275 bits per heavy atom. The van der Waals surface area contributed by atoms with Gasteiger partial charge in [0.1, 0.15) is 0 Å². The van der Waals surface area contributed by atoms with Crippen LogP contribution in [0.3, 0.4) is 0 Å². The van der Waals surface area contributed by atoms with Crippen molar-refractivity contribution in [2.24, 2.45) is 0 Å². The van der Waals surface area contributed by atoms with Gasteiger partial charge in [0.2, 0.25) is 0 Å². The third-order valence-electron chi connectivity index (χ3n) is 15.7. The fourth-order valence-corrected chi connectivity index (χ4v) is 12.6. The molecule has 1 heteroatoms. The summed E-state index contributed by atoms with van der Waals surface area (Å²) in [6.07, 6.45) is 0. The highest BCUT2D eigenvalue weighted by atomic mass is 15.1. The average Bonchev–Trinajstić information content (AvgIpc) is 3.97. The van der Waals surface area contributed by atoms with Crippen molar-refractivity contribution < 1.29 is 0 Å². The average molecular weight is 878 g/mol. The van der Waals surface area contributed by atoms with E-state index in [0.29, 0.717) is 0 Å². The van der Waals surface area contributed by atoms with Gasteiger partial charge in [-0.15, -0.1) is 0 Å². The summed E-state index contributed by atoms with van der Waals surface area (Å²) in [6, 6.07) is 93.0. The van der Waals surface area contributed by atoms with Gasteiger partial charge < -0.3 is 4.90 Å². The van der Waals surface area contributed by atoms with E-state index in [-0.39, 0.29) is 10.8 Å². The summed E-state index contributed by atoms with van der Waals surface area (Å²) in [5.41, 5.74) is 26.2. The zero-order chi connectivity index (χ0) is 45.8. The van der Waals surface area contributed by atoms with Gasteiger partial charge in [-0.05, 0) is 136 Å². The number of para-hydroxylation sites is 2. The van der Waals surface area contributed by atoms with E-state index < -0.39 is 0 Å². The lowest BCUT2D eigenvalue weighted by Crippen LogP contribution is -2.25. The molecule has 0 bridgehead atoms. The van der Waals surface area contributed by atoms with E-state index in [9.17, 15) is 0 Å². The first kappa shape index (κ1) is 39.6. The van der Waals surface area contributed by atoms with Crippen LogP contribution in [0, 0.1) is 0 Å². The van der Waals surface area contributed by atoms with E-state index in [2.05, 4.69) is 267 Å². The topological polar surface area (TPSA) is 3.24 Å². The minimum absolute atomic E-state index is 0.110. The van der Waals surface area contributed by atoms with Crippen molar-refractivity contribution in [1.29, 1.82) is 0 Å². The summed E-state index contributed by atoms with van der Waals surface area (Å²) in [4.78, 5) is 2.49. The highest BCUT2D eigenvalue weighted by Crippen LogP contribution is 2.63. The van der Waals surface area contributed by atoms with E-state index in [0.717, 1.165) is 17.1 Å². The highest BCUT2D eigenvalue weighted by molar-refractivity contribution is 6.01. The Bertz CT molecular complexity index is 3840. The summed E-state index contributed by atoms with van der Waals surface area (Å²) in [5, 5.41) is 2.47. The minimum Gasteiger partial charge on any atom is -0.309 e. The van der Waals surface area contributed by atoms with Crippen LogP contribution in [0.2, 0.25) is 0 Å². The molecular weight excluding hydrogens is 831 g/mol. The zero-order valence-corrected chi connectivity index (χ0v) is 38.6. The number of hydrogen-bond donors (Lipinski definition) is 0. The van der Waals surface area contributed by atoms with Crippen LogP contribution >= 0.6 is 0 Å². The van der Waals surface area contributed by atoms with Gasteiger partial charge in [0.15, 0.2) is 0 Å². The van der Waals surface area contributed by atoms with E-state index in [1.165, 1.54) is 111 Å². The largest absolute Gasteiger partial charge is 0.309 e. The lowest BCUT2D eigenvalue weighted by atomic mass is 9.70. The second-order valence-electron chi connectivity index (χ2n) is 19.5. The van der Waals surface area contributed by atoms with Crippen LogP contribution in [0.25, 0.3) is 77.5 Å². The van der Waals surface area contributed by atoms with E-state index in [1.54, 1.807) is 0 Å². The van der Waals surface area contributed by atoms with Crippen LogP contribution in [0.1, 0.15) is 47.2 Å². The number of nitrogens with zero attached hydrogens (tertiary/aromatic N) is 1. The monoisotopic (exact) mass is 877 g/mol. The quantitative estimate of drug-likeness (QED) is 0.161. The Kier molecular flexibility index (Phi) is 8.61. The van der Waals surface area contributed by atoms with Crippen molar-refractivity contribution in [1.82, 2.24) is 0 Å². The van der Waals surface area contributed by atoms with Gasteiger partial charge in [0.05, 0.1) is 16.8 Å². The SMILES string of the molecule is CC1(C)c2ccccc2-c2c(-c3ccccc3N(c3ccc(-c4ccc5c(c4)-c4ccccc4C54c5ccccc5-c5ccccc54)cc3)c3ccccc3-c3ccc4ccccc4c3)cccc21. The Labute approximate surface area is 404 Å². The normalized spacial score (nSPS) is 13.9. The van der Waals surface area contributed by atoms with Crippen molar-refractivity contribution >= 4 is 27.8 Å². The molecule has 0 fully saturated rings. The molecule has 324 valence electrons. The van der Waals surface area contributed by atoms with Crippen LogP contribution in [-0.4, -0.2) is 0 Å². The lowest BCUT2D eigenvalue weighted by Gasteiger charge is -2.31. The van der Waals surface area contributed by atoms with Crippen molar-refractivity contribution in [3.63, 3.8) is 0 Å².